The van der Waals surface area contributed by atoms with Crippen LogP contribution < -0.4 is 5.32 Å². The van der Waals surface area contributed by atoms with Crippen molar-refractivity contribution in [2.24, 2.45) is 0 Å². The molecule has 1 aliphatic rings. The first kappa shape index (κ1) is 15.4. The Hall–Kier alpha value is -2.00. The summed E-state index contributed by atoms with van der Waals surface area (Å²) in [6.07, 6.45) is -2.77. The highest BCUT2D eigenvalue weighted by Gasteiger charge is 2.33. The summed E-state index contributed by atoms with van der Waals surface area (Å²) in [6, 6.07) is 0.465. The lowest BCUT2D eigenvalue weighted by Crippen LogP contribution is -2.46. The van der Waals surface area contributed by atoms with Gasteiger partial charge in [0.05, 0.1) is 11.0 Å². The van der Waals surface area contributed by atoms with E-state index in [2.05, 4.69) is 5.32 Å². The maximum atomic E-state index is 13.4. The molecule has 0 saturated carbocycles. The Balaban J connectivity index is 2.42. The molecule has 1 aliphatic heterocycles. The Kier molecular flexibility index (Phi) is 4.53. The maximum absolute atomic E-state index is 13.4. The van der Waals surface area contributed by atoms with Crippen LogP contribution in [0.4, 0.5) is 14.5 Å². The molecule has 3 N–H and O–H groups in total. The van der Waals surface area contributed by atoms with Crippen molar-refractivity contribution in [2.45, 2.75) is 12.5 Å². The fraction of sp³-hybridized carbons (Fsp3) is 0.500. The molecule has 1 aromatic rings. The average Bonchev–Trinajstić information content (AvgIpc) is 2.43. The first-order chi connectivity index (χ1) is 9.91. The van der Waals surface area contributed by atoms with Gasteiger partial charge in [0.25, 0.3) is 6.43 Å². The lowest BCUT2D eigenvalue weighted by atomic mass is 10.0. The van der Waals surface area contributed by atoms with Crippen molar-refractivity contribution in [1.82, 2.24) is 10.2 Å². The van der Waals surface area contributed by atoms with Crippen molar-refractivity contribution in [3.63, 3.8) is 0 Å². The van der Waals surface area contributed by atoms with Gasteiger partial charge in [0.15, 0.2) is 5.75 Å². The summed E-state index contributed by atoms with van der Waals surface area (Å²) >= 11 is 0. The minimum absolute atomic E-state index is 0.0890. The number of hydrogen-bond acceptors (Lipinski definition) is 6. The number of nitrogens with zero attached hydrogens (tertiary/aromatic N) is 2. The summed E-state index contributed by atoms with van der Waals surface area (Å²) in [4.78, 5) is 11.4. The van der Waals surface area contributed by atoms with Gasteiger partial charge in [-0.3, -0.25) is 15.0 Å². The first-order valence-electron chi connectivity index (χ1n) is 6.35. The van der Waals surface area contributed by atoms with Gasteiger partial charge in [-0.25, -0.2) is 8.78 Å². The van der Waals surface area contributed by atoms with Crippen LogP contribution in [0.5, 0.6) is 11.5 Å². The van der Waals surface area contributed by atoms with Gasteiger partial charge in [-0.15, -0.1) is 0 Å². The van der Waals surface area contributed by atoms with E-state index in [-0.39, 0.29) is 5.56 Å². The number of phenols is 2. The van der Waals surface area contributed by atoms with Crippen LogP contribution in [-0.4, -0.2) is 52.6 Å². The van der Waals surface area contributed by atoms with E-state index in [0.29, 0.717) is 26.2 Å². The molecule has 0 spiro atoms. The minimum atomic E-state index is -2.77. The third-order valence-electron chi connectivity index (χ3n) is 3.41. The van der Waals surface area contributed by atoms with Crippen molar-refractivity contribution in [1.29, 1.82) is 0 Å². The number of hydrogen-bond donors (Lipinski definition) is 3. The van der Waals surface area contributed by atoms with Gasteiger partial charge < -0.3 is 15.5 Å². The lowest BCUT2D eigenvalue weighted by Gasteiger charge is -2.34. The molecule has 7 nitrogen and oxygen atoms in total. The Morgan fingerprint density at radius 1 is 1.29 bits per heavy atom. The molecule has 1 atom stereocenters. The van der Waals surface area contributed by atoms with Crippen LogP contribution in [-0.2, 0) is 0 Å². The molecular formula is C12H15F2N3O4. The number of phenolic OH excluding ortho intramolecular Hbond substituents is 2. The molecule has 9 heteroatoms. The van der Waals surface area contributed by atoms with Crippen LogP contribution in [0.25, 0.3) is 0 Å². The van der Waals surface area contributed by atoms with E-state index in [9.17, 15) is 29.1 Å². The molecule has 1 saturated heterocycles. The van der Waals surface area contributed by atoms with Gasteiger partial charge in [0.2, 0.25) is 5.75 Å². The third-order valence-corrected chi connectivity index (χ3v) is 3.41. The normalized spacial score (nSPS) is 17.9. The summed E-state index contributed by atoms with van der Waals surface area (Å²) < 4.78 is 26.7. The molecule has 0 aliphatic carbocycles. The quantitative estimate of drug-likeness (QED) is 0.439. The van der Waals surface area contributed by atoms with Gasteiger partial charge in [-0.2, -0.15) is 0 Å². The van der Waals surface area contributed by atoms with E-state index in [4.69, 9.17) is 0 Å². The smallest absolute Gasteiger partial charge is 0.314 e. The summed E-state index contributed by atoms with van der Waals surface area (Å²) in [5, 5.41) is 32.8. The first-order valence-corrected chi connectivity index (χ1v) is 6.35. The fourth-order valence-corrected chi connectivity index (χ4v) is 2.41. The predicted molar refractivity (Wildman–Crippen MR) is 69.6 cm³/mol. The van der Waals surface area contributed by atoms with Crippen LogP contribution in [0, 0.1) is 10.1 Å². The summed E-state index contributed by atoms with van der Waals surface area (Å²) in [5.74, 6) is -1.70. The van der Waals surface area contributed by atoms with Crippen LogP contribution in [0.1, 0.15) is 11.6 Å². The lowest BCUT2D eigenvalue weighted by molar-refractivity contribution is -0.386. The number of aromatic hydroxyl groups is 2. The van der Waals surface area contributed by atoms with E-state index >= 15 is 0 Å². The van der Waals surface area contributed by atoms with E-state index in [1.54, 1.807) is 0 Å². The van der Waals surface area contributed by atoms with E-state index < -0.39 is 34.6 Å². The number of nitro groups is 1. The number of nitrogens with one attached hydrogen (secondary N) is 1. The molecule has 0 radical (unpaired) electrons. The zero-order valence-electron chi connectivity index (χ0n) is 11.0. The molecule has 0 aromatic heterocycles. The highest BCUT2D eigenvalue weighted by molar-refractivity contribution is 5.57. The molecule has 1 heterocycles. The monoisotopic (exact) mass is 303 g/mol. The van der Waals surface area contributed by atoms with E-state index in [1.807, 2.05) is 0 Å². The molecule has 116 valence electrons. The van der Waals surface area contributed by atoms with Gasteiger partial charge in [0, 0.05) is 32.2 Å². The second-order valence-corrected chi connectivity index (χ2v) is 4.73. The highest BCUT2D eigenvalue weighted by atomic mass is 19.3. The third kappa shape index (κ3) is 3.19. The number of halogens is 2. The predicted octanol–water partition coefficient (Wildman–Crippen LogP) is 1.22. The average molecular weight is 303 g/mol. The SMILES string of the molecule is O=[N+]([O-])c1cc([C@@H](C(F)F)N2CCNCC2)cc(O)c1O. The molecule has 21 heavy (non-hydrogen) atoms. The second-order valence-electron chi connectivity index (χ2n) is 4.73. The molecule has 1 aromatic carbocycles. The zero-order valence-corrected chi connectivity index (χ0v) is 11.0. The van der Waals surface area contributed by atoms with Crippen LogP contribution >= 0.6 is 0 Å². The summed E-state index contributed by atoms with van der Waals surface area (Å²) in [7, 11) is 0. The Morgan fingerprint density at radius 3 is 2.43 bits per heavy atom. The molecule has 0 unspecified atom stereocenters. The molecule has 0 amide bonds. The molecular weight excluding hydrogens is 288 g/mol. The van der Waals surface area contributed by atoms with Gasteiger partial charge in [0.1, 0.15) is 0 Å². The van der Waals surface area contributed by atoms with Crippen LogP contribution in [0.15, 0.2) is 12.1 Å². The minimum Gasteiger partial charge on any atom is -0.504 e. The van der Waals surface area contributed by atoms with Gasteiger partial charge in [-0.05, 0) is 11.6 Å². The maximum Gasteiger partial charge on any atom is 0.314 e. The van der Waals surface area contributed by atoms with Gasteiger partial charge >= 0.3 is 5.69 Å². The standard InChI is InChI=1S/C12H15F2N3O4/c13-12(14)10(16-3-1-15-2-4-16)7-5-8(17(20)21)11(19)9(18)6-7/h5-6,10,12,15,18-19H,1-4H2/t10-/m0/s1. The van der Waals surface area contributed by atoms with Gasteiger partial charge in [-0.1, -0.05) is 0 Å². The van der Waals surface area contributed by atoms with Crippen LogP contribution in [0.3, 0.4) is 0 Å². The van der Waals surface area contributed by atoms with E-state index in [0.717, 1.165) is 12.1 Å². The molecule has 0 bridgehead atoms. The van der Waals surface area contributed by atoms with Crippen molar-refractivity contribution in [3.8, 4) is 11.5 Å². The Morgan fingerprint density at radius 2 is 1.90 bits per heavy atom. The van der Waals surface area contributed by atoms with Crippen molar-refractivity contribution >= 4 is 5.69 Å². The molecule has 1 fully saturated rings. The summed E-state index contributed by atoms with van der Waals surface area (Å²) in [6.45, 7) is 1.81. The topological polar surface area (TPSA) is 98.9 Å². The van der Waals surface area contributed by atoms with E-state index in [1.165, 1.54) is 4.90 Å². The molecule has 2 rings (SSSR count). The van der Waals surface area contributed by atoms with Crippen molar-refractivity contribution < 1.29 is 23.9 Å². The number of rotatable bonds is 4. The zero-order chi connectivity index (χ0) is 15.6. The summed E-state index contributed by atoms with van der Waals surface area (Å²) in [5.41, 5.74) is -0.875. The number of alkyl halides is 2. The second kappa shape index (κ2) is 6.19. The number of piperazine rings is 1. The largest absolute Gasteiger partial charge is 0.504 e. The highest BCUT2D eigenvalue weighted by Crippen LogP contribution is 2.40. The number of benzene rings is 1. The fourth-order valence-electron chi connectivity index (χ4n) is 2.41. The Bertz CT molecular complexity index is 535. The van der Waals surface area contributed by atoms with Crippen molar-refractivity contribution in [3.05, 3.63) is 27.8 Å². The van der Waals surface area contributed by atoms with Crippen molar-refractivity contribution in [2.75, 3.05) is 26.2 Å². The van der Waals surface area contributed by atoms with Crippen LogP contribution in [0.2, 0.25) is 0 Å². The Labute approximate surface area is 118 Å². The number of nitro benzene ring substituents is 1.